The summed E-state index contributed by atoms with van der Waals surface area (Å²) in [6.07, 6.45) is 3.71. The molecule has 0 radical (unpaired) electrons. The zero-order chi connectivity index (χ0) is 25.5. The molecule has 0 saturated carbocycles. The molecular weight excluding hydrogens is 494 g/mol. The first-order chi connectivity index (χ1) is 17.3. The van der Waals surface area contributed by atoms with E-state index in [4.69, 9.17) is 11.6 Å². The van der Waals surface area contributed by atoms with Gasteiger partial charge in [-0.15, -0.1) is 0 Å². The molecule has 190 valence electrons. The summed E-state index contributed by atoms with van der Waals surface area (Å²) in [7, 11) is -3.99. The van der Waals surface area contributed by atoms with Gasteiger partial charge in [0.2, 0.25) is 5.91 Å². The minimum absolute atomic E-state index is 0.115. The Kier molecular flexibility index (Phi) is 8.67. The van der Waals surface area contributed by atoms with E-state index in [0.717, 1.165) is 29.5 Å². The zero-order valence-electron chi connectivity index (χ0n) is 20.5. The first kappa shape index (κ1) is 26.2. The largest absolute Gasteiger partial charge is 0.350 e. The average molecular weight is 526 g/mol. The van der Waals surface area contributed by atoms with Gasteiger partial charge in [-0.25, -0.2) is 8.42 Å². The molecule has 1 fully saturated rings. The minimum atomic E-state index is -3.99. The van der Waals surface area contributed by atoms with Gasteiger partial charge in [-0.05, 0) is 73.8 Å². The van der Waals surface area contributed by atoms with E-state index in [1.165, 1.54) is 37.0 Å². The van der Waals surface area contributed by atoms with Gasteiger partial charge in [0, 0.05) is 18.1 Å². The van der Waals surface area contributed by atoms with Crippen LogP contribution >= 0.6 is 11.6 Å². The molecule has 3 aromatic carbocycles. The number of nitrogens with zero attached hydrogens (tertiary/aromatic N) is 2. The summed E-state index contributed by atoms with van der Waals surface area (Å²) >= 11 is 6.21. The molecule has 6 nitrogen and oxygen atoms in total. The van der Waals surface area contributed by atoms with Crippen LogP contribution in [-0.4, -0.2) is 38.9 Å². The summed E-state index contributed by atoms with van der Waals surface area (Å²) in [6.45, 7) is 4.80. The second-order valence-electron chi connectivity index (χ2n) is 9.14. The van der Waals surface area contributed by atoms with E-state index < -0.39 is 10.0 Å². The number of benzene rings is 3. The standard InChI is InChI=1S/C28H32ClN3O3S/c1-22-14-15-25(29)18-27(22)32(36(34,35)26-12-4-2-5-13-26)21-28(33)30-19-23-10-6-7-11-24(23)20-31-16-8-3-9-17-31/h2,4-7,10-15,18H,3,8-9,16-17,19-21H2,1H3,(H,30,33). The van der Waals surface area contributed by atoms with Crippen LogP contribution in [0.15, 0.2) is 77.7 Å². The summed E-state index contributed by atoms with van der Waals surface area (Å²) in [5.74, 6) is -0.387. The topological polar surface area (TPSA) is 69.7 Å². The number of amides is 1. The summed E-state index contributed by atoms with van der Waals surface area (Å²) in [6, 6.07) is 21.2. The average Bonchev–Trinajstić information content (AvgIpc) is 2.89. The third-order valence-electron chi connectivity index (χ3n) is 6.50. The SMILES string of the molecule is Cc1ccc(Cl)cc1N(CC(=O)NCc1ccccc1CN1CCCCC1)S(=O)(=O)c1ccccc1. The molecule has 0 unspecified atom stereocenters. The van der Waals surface area contributed by atoms with Crippen molar-refractivity contribution in [3.8, 4) is 0 Å². The maximum Gasteiger partial charge on any atom is 0.264 e. The Morgan fingerprint density at radius 2 is 1.61 bits per heavy atom. The maximum atomic E-state index is 13.6. The quantitative estimate of drug-likeness (QED) is 0.419. The van der Waals surface area contributed by atoms with E-state index in [0.29, 0.717) is 22.8 Å². The second-order valence-corrected chi connectivity index (χ2v) is 11.4. The number of nitrogens with one attached hydrogen (secondary N) is 1. The van der Waals surface area contributed by atoms with Crippen LogP contribution in [0.1, 0.15) is 36.0 Å². The zero-order valence-corrected chi connectivity index (χ0v) is 22.1. The fourth-order valence-corrected chi connectivity index (χ4v) is 6.16. The predicted octanol–water partition coefficient (Wildman–Crippen LogP) is 5.15. The first-order valence-electron chi connectivity index (χ1n) is 12.2. The van der Waals surface area contributed by atoms with E-state index in [1.807, 2.05) is 18.2 Å². The Labute approximate surface area is 218 Å². The highest BCUT2D eigenvalue weighted by atomic mass is 35.5. The molecule has 1 heterocycles. The smallest absolute Gasteiger partial charge is 0.264 e. The molecule has 1 aliphatic rings. The number of halogens is 1. The van der Waals surface area contributed by atoms with Crippen LogP contribution in [0.4, 0.5) is 5.69 Å². The predicted molar refractivity (Wildman–Crippen MR) is 145 cm³/mol. The van der Waals surface area contributed by atoms with Crippen molar-refractivity contribution in [1.82, 2.24) is 10.2 Å². The Balaban J connectivity index is 1.53. The number of hydrogen-bond acceptors (Lipinski definition) is 4. The maximum absolute atomic E-state index is 13.6. The highest BCUT2D eigenvalue weighted by Crippen LogP contribution is 2.29. The second kappa shape index (κ2) is 11.9. The molecule has 0 aliphatic carbocycles. The molecule has 3 aromatic rings. The minimum Gasteiger partial charge on any atom is -0.350 e. The van der Waals surface area contributed by atoms with E-state index in [1.54, 1.807) is 43.3 Å². The van der Waals surface area contributed by atoms with E-state index in [-0.39, 0.29) is 17.3 Å². The number of carbonyl (C=O) groups is 1. The van der Waals surface area contributed by atoms with Crippen molar-refractivity contribution < 1.29 is 13.2 Å². The summed E-state index contributed by atoms with van der Waals surface area (Å²) < 4.78 is 28.3. The van der Waals surface area contributed by atoms with E-state index in [9.17, 15) is 13.2 Å². The van der Waals surface area contributed by atoms with Crippen molar-refractivity contribution in [3.63, 3.8) is 0 Å². The number of hydrogen-bond donors (Lipinski definition) is 1. The summed E-state index contributed by atoms with van der Waals surface area (Å²) in [5, 5.41) is 3.34. The normalized spacial score (nSPS) is 14.4. The number of carbonyl (C=O) groups excluding carboxylic acids is 1. The molecule has 36 heavy (non-hydrogen) atoms. The van der Waals surface area contributed by atoms with Crippen LogP contribution in [0.3, 0.4) is 0 Å². The molecule has 1 saturated heterocycles. The van der Waals surface area contributed by atoms with E-state index >= 15 is 0 Å². The molecule has 0 spiro atoms. The van der Waals surface area contributed by atoms with Gasteiger partial charge in [-0.1, -0.05) is 66.6 Å². The van der Waals surface area contributed by atoms with Crippen molar-refractivity contribution in [2.75, 3.05) is 23.9 Å². The number of sulfonamides is 1. The summed E-state index contributed by atoms with van der Waals surface area (Å²) in [5.41, 5.74) is 3.30. The molecule has 0 atom stereocenters. The van der Waals surface area contributed by atoms with Gasteiger partial charge in [-0.3, -0.25) is 14.0 Å². The Morgan fingerprint density at radius 1 is 0.944 bits per heavy atom. The van der Waals surface area contributed by atoms with Crippen LogP contribution in [0.5, 0.6) is 0 Å². The molecule has 8 heteroatoms. The lowest BCUT2D eigenvalue weighted by molar-refractivity contribution is -0.119. The van der Waals surface area contributed by atoms with Crippen molar-refractivity contribution in [3.05, 3.63) is 94.5 Å². The van der Waals surface area contributed by atoms with Crippen molar-refractivity contribution >= 4 is 33.2 Å². The van der Waals surface area contributed by atoms with Crippen molar-refractivity contribution in [2.24, 2.45) is 0 Å². The van der Waals surface area contributed by atoms with Gasteiger partial charge in [0.15, 0.2) is 0 Å². The molecule has 0 bridgehead atoms. The molecule has 0 aromatic heterocycles. The molecule has 1 N–H and O–H groups in total. The van der Waals surface area contributed by atoms with Gasteiger partial charge in [0.05, 0.1) is 10.6 Å². The lowest BCUT2D eigenvalue weighted by atomic mass is 10.0. The Hall–Kier alpha value is -2.87. The van der Waals surface area contributed by atoms with Crippen molar-refractivity contribution in [2.45, 2.75) is 44.2 Å². The van der Waals surface area contributed by atoms with E-state index in [2.05, 4.69) is 16.3 Å². The molecular formula is C28H32ClN3O3S. The highest BCUT2D eigenvalue weighted by molar-refractivity contribution is 7.92. The van der Waals surface area contributed by atoms with Gasteiger partial charge in [0.25, 0.3) is 10.0 Å². The van der Waals surface area contributed by atoms with Crippen molar-refractivity contribution in [1.29, 1.82) is 0 Å². The molecule has 1 aliphatic heterocycles. The van der Waals surface area contributed by atoms with Crippen LogP contribution in [0, 0.1) is 6.92 Å². The lowest BCUT2D eigenvalue weighted by Gasteiger charge is -2.27. The fraction of sp³-hybridized carbons (Fsp3) is 0.321. The number of likely N-dealkylation sites (tertiary alicyclic amines) is 1. The first-order valence-corrected chi connectivity index (χ1v) is 14.1. The molecule has 4 rings (SSSR count). The number of piperidine rings is 1. The summed E-state index contributed by atoms with van der Waals surface area (Å²) in [4.78, 5) is 15.7. The number of rotatable bonds is 9. The van der Waals surface area contributed by atoms with Gasteiger partial charge in [-0.2, -0.15) is 0 Å². The lowest BCUT2D eigenvalue weighted by Crippen LogP contribution is -2.41. The Bertz CT molecular complexity index is 1290. The van der Waals surface area contributed by atoms with Crippen LogP contribution in [0.25, 0.3) is 0 Å². The third kappa shape index (κ3) is 6.46. The number of anilines is 1. The van der Waals surface area contributed by atoms with Gasteiger partial charge < -0.3 is 5.32 Å². The highest BCUT2D eigenvalue weighted by Gasteiger charge is 2.28. The number of aryl methyl sites for hydroxylation is 1. The van der Waals surface area contributed by atoms with Gasteiger partial charge >= 0.3 is 0 Å². The monoisotopic (exact) mass is 525 g/mol. The fourth-order valence-electron chi connectivity index (χ4n) is 4.49. The van der Waals surface area contributed by atoms with Crippen LogP contribution < -0.4 is 9.62 Å². The molecule has 1 amide bonds. The van der Waals surface area contributed by atoms with Crippen LogP contribution in [-0.2, 0) is 27.9 Å². The Morgan fingerprint density at radius 3 is 2.33 bits per heavy atom. The van der Waals surface area contributed by atoms with Crippen LogP contribution in [0.2, 0.25) is 5.02 Å². The van der Waals surface area contributed by atoms with Gasteiger partial charge in [0.1, 0.15) is 6.54 Å². The third-order valence-corrected chi connectivity index (χ3v) is 8.50.